The third-order valence-corrected chi connectivity index (χ3v) is 4.02. The quantitative estimate of drug-likeness (QED) is 0.786. The summed E-state index contributed by atoms with van der Waals surface area (Å²) in [6.07, 6.45) is 2.87. The molecule has 102 valence electrons. The van der Waals surface area contributed by atoms with Gasteiger partial charge in [-0.1, -0.05) is 29.8 Å². The van der Waals surface area contributed by atoms with Gasteiger partial charge in [-0.2, -0.15) is 5.10 Å². The molecule has 0 aliphatic heterocycles. The van der Waals surface area contributed by atoms with Crippen molar-refractivity contribution in [2.24, 2.45) is 0 Å². The van der Waals surface area contributed by atoms with Crippen LogP contribution < -0.4 is 5.32 Å². The summed E-state index contributed by atoms with van der Waals surface area (Å²) in [7, 11) is 0. The van der Waals surface area contributed by atoms with Crippen molar-refractivity contribution in [3.05, 3.63) is 17.5 Å². The first-order valence-electron chi connectivity index (χ1n) is 6.61. The number of halogens is 1. The smallest absolute Gasteiger partial charge is 0.269 e. The first-order valence-corrected chi connectivity index (χ1v) is 7.52. The van der Waals surface area contributed by atoms with E-state index in [9.17, 15) is 4.79 Å². The number of aryl methyl sites for hydroxylation is 2. The fourth-order valence-electron chi connectivity index (χ4n) is 1.70. The molecular formula is C13H22BrN3O. The van der Waals surface area contributed by atoms with Gasteiger partial charge in [-0.3, -0.25) is 9.48 Å². The lowest BCUT2D eigenvalue weighted by atomic mass is 10.2. The molecular weight excluding hydrogens is 294 g/mol. The first-order chi connectivity index (χ1) is 8.62. The van der Waals surface area contributed by atoms with Gasteiger partial charge in [0.25, 0.3) is 5.91 Å². The molecule has 4 nitrogen and oxygen atoms in total. The standard InChI is InChI=1S/C13H22BrN3O/c1-4-10(14)7-8-15-13(18)12-9-11(5-2)16-17(12)6-3/h9-10H,4-8H2,1-3H3,(H,15,18). The summed E-state index contributed by atoms with van der Waals surface area (Å²) in [6.45, 7) is 7.58. The van der Waals surface area contributed by atoms with E-state index in [1.54, 1.807) is 4.68 Å². The van der Waals surface area contributed by atoms with Gasteiger partial charge in [0, 0.05) is 17.9 Å². The normalized spacial score (nSPS) is 12.4. The minimum Gasteiger partial charge on any atom is -0.351 e. The zero-order valence-electron chi connectivity index (χ0n) is 11.4. The van der Waals surface area contributed by atoms with Crippen LogP contribution in [0, 0.1) is 0 Å². The predicted molar refractivity (Wildman–Crippen MR) is 77.2 cm³/mol. The number of rotatable bonds is 7. The largest absolute Gasteiger partial charge is 0.351 e. The zero-order valence-corrected chi connectivity index (χ0v) is 13.0. The molecule has 1 unspecified atom stereocenters. The summed E-state index contributed by atoms with van der Waals surface area (Å²) in [6, 6.07) is 1.88. The van der Waals surface area contributed by atoms with Crippen molar-refractivity contribution in [3.8, 4) is 0 Å². The Balaban J connectivity index is 2.57. The van der Waals surface area contributed by atoms with Crippen LogP contribution in [0.15, 0.2) is 6.07 Å². The molecule has 0 aromatic carbocycles. The molecule has 1 amide bonds. The van der Waals surface area contributed by atoms with E-state index in [0.29, 0.717) is 17.1 Å². The molecule has 0 saturated carbocycles. The highest BCUT2D eigenvalue weighted by Crippen LogP contribution is 2.09. The van der Waals surface area contributed by atoms with Crippen molar-refractivity contribution < 1.29 is 4.79 Å². The Hall–Kier alpha value is -0.840. The Kier molecular flexibility index (Phi) is 6.39. The first kappa shape index (κ1) is 15.2. The van der Waals surface area contributed by atoms with Crippen LogP contribution in [0.1, 0.15) is 49.8 Å². The molecule has 0 bridgehead atoms. The maximum absolute atomic E-state index is 12.0. The van der Waals surface area contributed by atoms with Crippen LogP contribution in [-0.2, 0) is 13.0 Å². The van der Waals surface area contributed by atoms with E-state index < -0.39 is 0 Å². The summed E-state index contributed by atoms with van der Waals surface area (Å²) in [5.74, 6) is -0.0279. The van der Waals surface area contributed by atoms with Crippen molar-refractivity contribution in [2.75, 3.05) is 6.54 Å². The molecule has 0 spiro atoms. The van der Waals surface area contributed by atoms with Crippen LogP contribution in [0.3, 0.4) is 0 Å². The van der Waals surface area contributed by atoms with Gasteiger partial charge in [-0.05, 0) is 32.3 Å². The van der Waals surface area contributed by atoms with Gasteiger partial charge in [-0.15, -0.1) is 0 Å². The lowest BCUT2D eigenvalue weighted by Crippen LogP contribution is -2.28. The summed E-state index contributed by atoms with van der Waals surface area (Å²) in [4.78, 5) is 12.5. The highest BCUT2D eigenvalue weighted by atomic mass is 79.9. The Morgan fingerprint density at radius 1 is 1.50 bits per heavy atom. The van der Waals surface area contributed by atoms with Gasteiger partial charge in [0.15, 0.2) is 0 Å². The fourth-order valence-corrected chi connectivity index (χ4v) is 1.93. The van der Waals surface area contributed by atoms with Crippen LogP contribution >= 0.6 is 15.9 Å². The minimum atomic E-state index is -0.0279. The number of carbonyl (C=O) groups is 1. The van der Waals surface area contributed by atoms with E-state index in [0.717, 1.165) is 31.5 Å². The SMILES string of the molecule is CCc1cc(C(=O)NCCC(Br)CC)n(CC)n1. The third kappa shape index (κ3) is 4.12. The lowest BCUT2D eigenvalue weighted by Gasteiger charge is -2.08. The number of nitrogens with one attached hydrogen (secondary N) is 1. The maximum Gasteiger partial charge on any atom is 0.269 e. The third-order valence-electron chi connectivity index (χ3n) is 2.91. The average molecular weight is 316 g/mol. The van der Waals surface area contributed by atoms with E-state index in [1.807, 2.05) is 19.9 Å². The molecule has 0 radical (unpaired) electrons. The van der Waals surface area contributed by atoms with Crippen LogP contribution in [0.25, 0.3) is 0 Å². The maximum atomic E-state index is 12.0. The second kappa shape index (κ2) is 7.56. The number of amides is 1. The Morgan fingerprint density at radius 2 is 2.22 bits per heavy atom. The highest BCUT2D eigenvalue weighted by Gasteiger charge is 2.13. The van der Waals surface area contributed by atoms with E-state index in [1.165, 1.54) is 0 Å². The van der Waals surface area contributed by atoms with Gasteiger partial charge in [-0.25, -0.2) is 0 Å². The summed E-state index contributed by atoms with van der Waals surface area (Å²) in [5, 5.41) is 7.32. The molecule has 0 aliphatic rings. The molecule has 1 aromatic rings. The zero-order chi connectivity index (χ0) is 13.5. The second-order valence-corrected chi connectivity index (χ2v) is 5.54. The molecule has 1 atom stereocenters. The number of nitrogens with zero attached hydrogens (tertiary/aromatic N) is 2. The molecule has 5 heteroatoms. The molecule has 1 rings (SSSR count). The molecule has 1 heterocycles. The van der Waals surface area contributed by atoms with Gasteiger partial charge in [0.2, 0.25) is 0 Å². The van der Waals surface area contributed by atoms with Crippen molar-refractivity contribution in [3.63, 3.8) is 0 Å². The van der Waals surface area contributed by atoms with Crippen LogP contribution in [0.2, 0.25) is 0 Å². The topological polar surface area (TPSA) is 46.9 Å². The summed E-state index contributed by atoms with van der Waals surface area (Å²) >= 11 is 3.56. The van der Waals surface area contributed by atoms with Crippen LogP contribution in [0.5, 0.6) is 0 Å². The van der Waals surface area contributed by atoms with Crippen molar-refractivity contribution >= 4 is 21.8 Å². The summed E-state index contributed by atoms with van der Waals surface area (Å²) in [5.41, 5.74) is 1.63. The number of hydrogen-bond acceptors (Lipinski definition) is 2. The molecule has 1 N–H and O–H groups in total. The molecule has 0 saturated heterocycles. The van der Waals surface area contributed by atoms with E-state index in [2.05, 4.69) is 33.3 Å². The number of hydrogen-bond donors (Lipinski definition) is 1. The fraction of sp³-hybridized carbons (Fsp3) is 0.692. The van der Waals surface area contributed by atoms with E-state index in [4.69, 9.17) is 0 Å². The predicted octanol–water partition coefficient (Wildman–Crippen LogP) is 2.76. The Labute approximate surface area is 117 Å². The molecule has 0 aliphatic carbocycles. The van der Waals surface area contributed by atoms with Gasteiger partial charge >= 0.3 is 0 Å². The van der Waals surface area contributed by atoms with Crippen molar-refractivity contribution in [1.29, 1.82) is 0 Å². The highest BCUT2D eigenvalue weighted by molar-refractivity contribution is 9.09. The molecule has 1 aromatic heterocycles. The van der Waals surface area contributed by atoms with Gasteiger partial charge in [0.1, 0.15) is 5.69 Å². The second-order valence-electron chi connectivity index (χ2n) is 4.24. The minimum absolute atomic E-state index is 0.0279. The average Bonchev–Trinajstić information content (AvgIpc) is 2.81. The Morgan fingerprint density at radius 3 is 2.78 bits per heavy atom. The lowest BCUT2D eigenvalue weighted by molar-refractivity contribution is 0.0942. The Bertz CT molecular complexity index is 390. The number of carbonyl (C=O) groups excluding carboxylic acids is 1. The van der Waals surface area contributed by atoms with E-state index in [-0.39, 0.29) is 5.91 Å². The van der Waals surface area contributed by atoms with Gasteiger partial charge in [0.05, 0.1) is 5.69 Å². The van der Waals surface area contributed by atoms with Gasteiger partial charge < -0.3 is 5.32 Å². The molecule has 0 fully saturated rings. The monoisotopic (exact) mass is 315 g/mol. The van der Waals surface area contributed by atoms with Crippen LogP contribution in [0.4, 0.5) is 0 Å². The van der Waals surface area contributed by atoms with Crippen LogP contribution in [-0.4, -0.2) is 27.1 Å². The number of aromatic nitrogens is 2. The number of alkyl halides is 1. The van der Waals surface area contributed by atoms with Crippen molar-refractivity contribution in [1.82, 2.24) is 15.1 Å². The van der Waals surface area contributed by atoms with Crippen molar-refractivity contribution in [2.45, 2.75) is 51.4 Å². The molecule has 18 heavy (non-hydrogen) atoms. The van der Waals surface area contributed by atoms with E-state index >= 15 is 0 Å². The summed E-state index contributed by atoms with van der Waals surface area (Å²) < 4.78 is 1.76.